The summed E-state index contributed by atoms with van der Waals surface area (Å²) in [5.74, 6) is 2.46. The topological polar surface area (TPSA) is 138 Å². The number of benzene rings is 4. The highest BCUT2D eigenvalue weighted by Gasteiger charge is 2.24. The SMILES string of the molecule is CCc1c2c(CC)c(CNc3cc(C)cc(C)n3)c(CC)c1CNCc1cccc(c1O)CNCc1c(CC)c(c(CC)c(CNc3cc(C)cc(C)n3)c1CC)CNCc1cccc(c1O)CNC2. The van der Waals surface area contributed by atoms with Gasteiger partial charge < -0.3 is 42.1 Å². The van der Waals surface area contributed by atoms with Gasteiger partial charge in [0.25, 0.3) is 0 Å². The Hall–Kier alpha value is -5.78. The van der Waals surface area contributed by atoms with Crippen LogP contribution in [0.5, 0.6) is 11.5 Å². The number of aryl methyl sites for hydroxylation is 4. The Morgan fingerprint density at radius 1 is 0.400 bits per heavy atom. The molecule has 8 bridgehead atoms. The fourth-order valence-electron chi connectivity index (χ4n) is 11.4. The molecule has 10 heteroatoms. The molecule has 372 valence electrons. The molecule has 0 unspecified atom stereocenters. The maximum absolute atomic E-state index is 11.9. The number of phenols is 2. The fraction of sp³-hybridized carbons (Fsp3) is 0.433. The van der Waals surface area contributed by atoms with Gasteiger partial charge in [-0.1, -0.05) is 77.9 Å². The minimum absolute atomic E-state index is 0.343. The van der Waals surface area contributed by atoms with Crippen LogP contribution in [-0.2, 0) is 104 Å². The average Bonchev–Trinajstić information content (AvgIpc) is 3.33. The molecule has 0 radical (unpaired) electrons. The number of hydrogen-bond acceptors (Lipinski definition) is 10. The smallest absolute Gasteiger partial charge is 0.126 e. The van der Waals surface area contributed by atoms with Crippen molar-refractivity contribution in [1.29, 1.82) is 0 Å². The molecular formula is C60H80N8O2. The Labute approximate surface area is 419 Å². The molecule has 70 heavy (non-hydrogen) atoms. The van der Waals surface area contributed by atoms with Gasteiger partial charge in [-0.05, 0) is 168 Å². The Kier molecular flexibility index (Phi) is 18.1. The number of anilines is 2. The van der Waals surface area contributed by atoms with Gasteiger partial charge in [0.2, 0.25) is 0 Å². The molecule has 0 spiro atoms. The first-order valence-electron chi connectivity index (χ1n) is 26.1. The minimum atomic E-state index is 0.343. The van der Waals surface area contributed by atoms with E-state index in [1.54, 1.807) is 0 Å². The number of pyridine rings is 2. The van der Waals surface area contributed by atoms with Gasteiger partial charge in [0.15, 0.2) is 0 Å². The number of nitrogens with zero attached hydrogens (tertiary/aromatic N) is 2. The summed E-state index contributed by atoms with van der Waals surface area (Å²) in [6.07, 6.45) is 5.36. The number of aromatic nitrogens is 2. The van der Waals surface area contributed by atoms with Crippen molar-refractivity contribution in [2.75, 3.05) is 10.6 Å². The van der Waals surface area contributed by atoms with Crippen molar-refractivity contribution in [2.45, 2.75) is 173 Å². The highest BCUT2D eigenvalue weighted by Crippen LogP contribution is 2.35. The van der Waals surface area contributed by atoms with E-state index < -0.39 is 0 Å². The van der Waals surface area contributed by atoms with Crippen molar-refractivity contribution in [1.82, 2.24) is 31.2 Å². The van der Waals surface area contributed by atoms with Crippen LogP contribution in [0.2, 0.25) is 0 Å². The summed E-state index contributed by atoms with van der Waals surface area (Å²) < 4.78 is 0. The van der Waals surface area contributed by atoms with E-state index in [2.05, 4.69) is 124 Å². The molecule has 0 amide bonds. The second-order valence-corrected chi connectivity index (χ2v) is 19.2. The summed E-state index contributed by atoms with van der Waals surface area (Å²) in [5, 5.41) is 46.4. The lowest BCUT2D eigenvalue weighted by atomic mass is 9.83. The van der Waals surface area contributed by atoms with E-state index in [-0.39, 0.29) is 0 Å². The molecule has 3 heterocycles. The van der Waals surface area contributed by atoms with Crippen LogP contribution in [0, 0.1) is 27.7 Å². The third kappa shape index (κ3) is 11.9. The Bertz CT molecular complexity index is 2440. The third-order valence-electron chi connectivity index (χ3n) is 14.5. The number of aromatic hydroxyl groups is 2. The van der Waals surface area contributed by atoms with Crippen LogP contribution in [0.4, 0.5) is 11.6 Å². The predicted molar refractivity (Wildman–Crippen MR) is 290 cm³/mol. The van der Waals surface area contributed by atoms with Crippen LogP contribution in [0.25, 0.3) is 0 Å². The normalized spacial score (nSPS) is 13.7. The lowest BCUT2D eigenvalue weighted by Crippen LogP contribution is -2.24. The second kappa shape index (κ2) is 24.4. The molecule has 0 saturated carbocycles. The Morgan fingerprint density at radius 2 is 0.686 bits per heavy atom. The van der Waals surface area contributed by atoms with Gasteiger partial charge in [-0.15, -0.1) is 0 Å². The quantitative estimate of drug-likeness (QED) is 0.0598. The summed E-state index contributed by atoms with van der Waals surface area (Å²) in [4.78, 5) is 9.68. The van der Waals surface area contributed by atoms with Crippen molar-refractivity contribution in [3.63, 3.8) is 0 Å². The zero-order valence-corrected chi connectivity index (χ0v) is 43.9. The van der Waals surface area contributed by atoms with Crippen LogP contribution >= 0.6 is 0 Å². The van der Waals surface area contributed by atoms with Crippen LogP contribution in [-0.4, -0.2) is 20.2 Å². The number of para-hydroxylation sites is 2. The van der Waals surface area contributed by atoms with Crippen molar-refractivity contribution >= 4 is 11.6 Å². The lowest BCUT2D eigenvalue weighted by Gasteiger charge is -2.27. The molecule has 6 aromatic rings. The number of nitrogens with one attached hydrogen (secondary N) is 6. The van der Waals surface area contributed by atoms with Gasteiger partial charge in [-0.3, -0.25) is 0 Å². The standard InChI is InChI=1S/C60H80N8O2/c1-11-45-51-31-61-27-41-19-17-21-43(59(41)69)29-63-33-53-46(12-2)54(50(16-6)56(49(53)15-5)36-66-58-26-38(8)24-40(10)68-58)34-64-30-44-22-18-20-42(60(44)70)28-62-32-52(45)48(14-4)55(47(51)13-3)35-65-57-25-37(7)23-39(9)67-57/h17-26,61-64,69-70H,11-16,27-36H2,1-10H3,(H,65,67)(H,66,68). The molecule has 8 N–H and O–H groups in total. The predicted octanol–water partition coefficient (Wildman–Crippen LogP) is 11.2. The van der Waals surface area contributed by atoms with E-state index >= 15 is 0 Å². The highest BCUT2D eigenvalue weighted by molar-refractivity contribution is 5.56. The number of rotatable bonds is 12. The zero-order valence-electron chi connectivity index (χ0n) is 43.9. The number of phenolic OH excluding ortho intramolecular Hbond substituents is 2. The maximum Gasteiger partial charge on any atom is 0.126 e. The van der Waals surface area contributed by atoms with E-state index in [9.17, 15) is 10.2 Å². The summed E-state index contributed by atoms with van der Waals surface area (Å²) in [6, 6.07) is 20.8. The van der Waals surface area contributed by atoms with Crippen molar-refractivity contribution in [2.24, 2.45) is 0 Å². The first-order valence-corrected chi connectivity index (χ1v) is 26.1. The molecule has 1 aliphatic heterocycles. The van der Waals surface area contributed by atoms with Gasteiger partial charge >= 0.3 is 0 Å². The van der Waals surface area contributed by atoms with E-state index in [0.29, 0.717) is 76.9 Å². The van der Waals surface area contributed by atoms with Crippen molar-refractivity contribution < 1.29 is 10.2 Å². The van der Waals surface area contributed by atoms with Gasteiger partial charge in [-0.2, -0.15) is 0 Å². The van der Waals surface area contributed by atoms with Gasteiger partial charge in [0.1, 0.15) is 23.1 Å². The van der Waals surface area contributed by atoms with Gasteiger partial charge in [-0.25, -0.2) is 9.97 Å². The van der Waals surface area contributed by atoms with E-state index in [0.717, 1.165) is 83.8 Å². The zero-order chi connectivity index (χ0) is 49.9. The summed E-state index contributed by atoms with van der Waals surface area (Å²) in [7, 11) is 0. The largest absolute Gasteiger partial charge is 0.507 e. The summed E-state index contributed by atoms with van der Waals surface area (Å²) in [5.41, 5.74) is 24.2. The molecule has 7 rings (SSSR count). The molecule has 0 atom stereocenters. The molecule has 1 aliphatic rings. The van der Waals surface area contributed by atoms with E-state index in [1.165, 1.54) is 77.9 Å². The maximum atomic E-state index is 11.9. The van der Waals surface area contributed by atoms with E-state index in [1.807, 2.05) is 38.1 Å². The fourth-order valence-corrected chi connectivity index (χ4v) is 11.4. The first kappa shape index (κ1) is 52.1. The Morgan fingerprint density at radius 3 is 0.943 bits per heavy atom. The van der Waals surface area contributed by atoms with Crippen molar-refractivity contribution in [3.05, 3.63) is 172 Å². The van der Waals surface area contributed by atoms with Crippen molar-refractivity contribution in [3.8, 4) is 11.5 Å². The molecule has 10 nitrogen and oxygen atoms in total. The molecule has 2 aromatic heterocycles. The molecule has 0 saturated heterocycles. The van der Waals surface area contributed by atoms with Crippen LogP contribution in [0.3, 0.4) is 0 Å². The molecular weight excluding hydrogens is 865 g/mol. The first-order chi connectivity index (χ1) is 33.9. The monoisotopic (exact) mass is 945 g/mol. The average molecular weight is 945 g/mol. The summed E-state index contributed by atoms with van der Waals surface area (Å²) >= 11 is 0. The number of fused-ring (bicyclic) bond motifs is 8. The minimum Gasteiger partial charge on any atom is -0.507 e. The molecule has 4 aromatic carbocycles. The van der Waals surface area contributed by atoms with Crippen LogP contribution in [0.15, 0.2) is 60.7 Å². The molecule has 0 fully saturated rings. The van der Waals surface area contributed by atoms with Crippen LogP contribution in [0.1, 0.15) is 153 Å². The number of hydrogen-bond donors (Lipinski definition) is 8. The Balaban J connectivity index is 1.28. The lowest BCUT2D eigenvalue weighted by molar-refractivity contribution is 0.453. The van der Waals surface area contributed by atoms with Crippen LogP contribution < -0.4 is 31.9 Å². The second-order valence-electron chi connectivity index (χ2n) is 19.2. The van der Waals surface area contributed by atoms with Gasteiger partial charge in [0.05, 0.1) is 0 Å². The highest BCUT2D eigenvalue weighted by atomic mass is 16.3. The van der Waals surface area contributed by atoms with E-state index in [4.69, 9.17) is 9.97 Å². The third-order valence-corrected chi connectivity index (χ3v) is 14.5. The molecule has 0 aliphatic carbocycles. The van der Waals surface area contributed by atoms with Gasteiger partial charge in [0, 0.05) is 99.1 Å². The summed E-state index contributed by atoms with van der Waals surface area (Å²) in [6.45, 7) is 28.1.